The largest absolute Gasteiger partial charge is 0.321 e. The van der Waals surface area contributed by atoms with Crippen molar-refractivity contribution < 1.29 is 14.4 Å². The predicted octanol–water partition coefficient (Wildman–Crippen LogP) is 3.15. The van der Waals surface area contributed by atoms with Gasteiger partial charge in [-0.3, -0.25) is 19.8 Å². The summed E-state index contributed by atoms with van der Waals surface area (Å²) in [7, 11) is 0. The van der Waals surface area contributed by atoms with Crippen LogP contribution in [0.1, 0.15) is 36.6 Å². The smallest absolute Gasteiger partial charge is 0.272 e. The molecular weight excluding hydrogens is 394 g/mol. The Labute approximate surface area is 177 Å². The molecule has 1 heterocycles. The number of anilines is 1. The van der Waals surface area contributed by atoms with Gasteiger partial charge >= 0.3 is 0 Å². The summed E-state index contributed by atoms with van der Waals surface area (Å²) >= 11 is 0. The standard InChI is InChI=1S/C23H17N5O3/c29-21(16-8-2-1-3-9-16)17-10-4-5-11-18(17)22(30)26-20-13-7-6-12-19(20)23(31)27-28-14-24-25-15-28/h1-15H,(H,26,30)(H,27,31). The van der Waals surface area contributed by atoms with E-state index >= 15 is 0 Å². The lowest BCUT2D eigenvalue weighted by Gasteiger charge is -2.13. The second-order valence-corrected chi connectivity index (χ2v) is 6.55. The van der Waals surface area contributed by atoms with E-state index in [2.05, 4.69) is 20.9 Å². The molecule has 0 spiro atoms. The molecule has 8 nitrogen and oxygen atoms in total. The maximum atomic E-state index is 13.0. The third kappa shape index (κ3) is 4.38. The Bertz CT molecular complexity index is 1240. The first-order chi connectivity index (χ1) is 15.1. The van der Waals surface area contributed by atoms with Crippen molar-refractivity contribution >= 4 is 23.3 Å². The normalized spacial score (nSPS) is 10.3. The van der Waals surface area contributed by atoms with Crippen molar-refractivity contribution in [2.45, 2.75) is 0 Å². The minimum Gasteiger partial charge on any atom is -0.321 e. The molecule has 0 aliphatic rings. The number of aromatic nitrogens is 3. The van der Waals surface area contributed by atoms with Gasteiger partial charge in [0, 0.05) is 11.1 Å². The van der Waals surface area contributed by atoms with Crippen molar-refractivity contribution in [1.29, 1.82) is 0 Å². The molecule has 8 heteroatoms. The average Bonchev–Trinajstić information content (AvgIpc) is 3.32. The number of rotatable bonds is 6. The number of nitrogens with one attached hydrogen (secondary N) is 2. The fraction of sp³-hybridized carbons (Fsp3) is 0. The summed E-state index contributed by atoms with van der Waals surface area (Å²) in [6.07, 6.45) is 2.68. The number of hydrogen-bond acceptors (Lipinski definition) is 5. The van der Waals surface area contributed by atoms with Gasteiger partial charge in [-0.25, -0.2) is 4.68 Å². The van der Waals surface area contributed by atoms with Crippen molar-refractivity contribution in [3.63, 3.8) is 0 Å². The summed E-state index contributed by atoms with van der Waals surface area (Å²) in [5.41, 5.74) is 4.11. The van der Waals surface area contributed by atoms with E-state index < -0.39 is 11.8 Å². The quantitative estimate of drug-likeness (QED) is 0.474. The summed E-state index contributed by atoms with van der Waals surface area (Å²) in [4.78, 5) is 38.6. The zero-order valence-electron chi connectivity index (χ0n) is 16.2. The van der Waals surface area contributed by atoms with Crippen LogP contribution in [0.2, 0.25) is 0 Å². The first-order valence-corrected chi connectivity index (χ1v) is 9.38. The van der Waals surface area contributed by atoms with E-state index in [9.17, 15) is 14.4 Å². The fourth-order valence-electron chi connectivity index (χ4n) is 3.04. The molecule has 0 saturated heterocycles. The molecule has 2 N–H and O–H groups in total. The van der Waals surface area contributed by atoms with Crippen LogP contribution in [0.5, 0.6) is 0 Å². The van der Waals surface area contributed by atoms with Crippen LogP contribution in [-0.4, -0.2) is 32.5 Å². The molecule has 31 heavy (non-hydrogen) atoms. The monoisotopic (exact) mass is 411 g/mol. The van der Waals surface area contributed by atoms with Crippen molar-refractivity contribution in [1.82, 2.24) is 14.9 Å². The van der Waals surface area contributed by atoms with Gasteiger partial charge in [-0.05, 0) is 18.2 Å². The van der Waals surface area contributed by atoms with Gasteiger partial charge in [-0.1, -0.05) is 60.7 Å². The SMILES string of the molecule is O=C(Nn1cnnc1)c1ccccc1NC(=O)c1ccccc1C(=O)c1ccccc1. The Morgan fingerprint density at radius 3 is 1.94 bits per heavy atom. The zero-order chi connectivity index (χ0) is 21.6. The number of nitrogens with zero attached hydrogens (tertiary/aromatic N) is 3. The van der Waals surface area contributed by atoms with Gasteiger partial charge in [0.1, 0.15) is 12.7 Å². The molecule has 1 aromatic heterocycles. The molecule has 0 fully saturated rings. The zero-order valence-corrected chi connectivity index (χ0v) is 16.2. The van der Waals surface area contributed by atoms with Crippen LogP contribution in [0.15, 0.2) is 91.5 Å². The third-order valence-electron chi connectivity index (χ3n) is 4.52. The van der Waals surface area contributed by atoms with Gasteiger partial charge in [-0.2, -0.15) is 0 Å². The van der Waals surface area contributed by atoms with Crippen LogP contribution in [-0.2, 0) is 0 Å². The summed E-state index contributed by atoms with van der Waals surface area (Å²) < 4.78 is 1.30. The highest BCUT2D eigenvalue weighted by atomic mass is 16.2. The van der Waals surface area contributed by atoms with E-state index in [-0.39, 0.29) is 22.5 Å². The minimum atomic E-state index is -0.496. The molecule has 4 aromatic rings. The molecule has 0 aliphatic heterocycles. The maximum Gasteiger partial charge on any atom is 0.272 e. The van der Waals surface area contributed by atoms with E-state index in [1.807, 2.05) is 6.07 Å². The van der Waals surface area contributed by atoms with Crippen LogP contribution < -0.4 is 10.7 Å². The molecule has 0 radical (unpaired) electrons. The van der Waals surface area contributed by atoms with E-state index in [1.165, 1.54) is 17.3 Å². The van der Waals surface area contributed by atoms with Crippen LogP contribution in [0, 0.1) is 0 Å². The molecule has 152 valence electrons. The highest BCUT2D eigenvalue weighted by molar-refractivity contribution is 6.18. The van der Waals surface area contributed by atoms with Gasteiger partial charge in [-0.15, -0.1) is 10.2 Å². The first kappa shape index (κ1) is 19.7. The first-order valence-electron chi connectivity index (χ1n) is 9.38. The second-order valence-electron chi connectivity index (χ2n) is 6.55. The number of carbonyl (C=O) groups is 3. The molecule has 0 bridgehead atoms. The van der Waals surface area contributed by atoms with Crippen LogP contribution in [0.25, 0.3) is 0 Å². The van der Waals surface area contributed by atoms with Gasteiger partial charge in [0.25, 0.3) is 11.8 Å². The van der Waals surface area contributed by atoms with E-state index in [4.69, 9.17) is 0 Å². The molecule has 0 saturated carbocycles. The Morgan fingerprint density at radius 1 is 0.645 bits per heavy atom. The lowest BCUT2D eigenvalue weighted by atomic mass is 9.98. The Kier molecular flexibility index (Phi) is 5.62. The van der Waals surface area contributed by atoms with Crippen molar-refractivity contribution in [3.8, 4) is 0 Å². The van der Waals surface area contributed by atoms with Crippen molar-refractivity contribution in [3.05, 3.63) is 114 Å². The summed E-state index contributed by atoms with van der Waals surface area (Å²) in [5.74, 6) is -1.21. The average molecular weight is 411 g/mol. The number of benzene rings is 3. The van der Waals surface area contributed by atoms with Crippen LogP contribution in [0.4, 0.5) is 5.69 Å². The molecule has 4 rings (SSSR count). The van der Waals surface area contributed by atoms with E-state index in [1.54, 1.807) is 72.8 Å². The number of hydrogen-bond donors (Lipinski definition) is 2. The molecular formula is C23H17N5O3. The number of carbonyl (C=O) groups excluding carboxylic acids is 3. The van der Waals surface area contributed by atoms with E-state index in [0.717, 1.165) is 0 Å². The van der Waals surface area contributed by atoms with E-state index in [0.29, 0.717) is 11.3 Å². The molecule has 0 atom stereocenters. The van der Waals surface area contributed by atoms with Crippen molar-refractivity contribution in [2.75, 3.05) is 10.7 Å². The molecule has 0 aliphatic carbocycles. The molecule has 0 unspecified atom stereocenters. The molecule has 2 amide bonds. The number of amides is 2. The lowest BCUT2D eigenvalue weighted by molar-refractivity contribution is 0.0994. The van der Waals surface area contributed by atoms with Crippen LogP contribution in [0.3, 0.4) is 0 Å². The second kappa shape index (κ2) is 8.83. The highest BCUT2D eigenvalue weighted by Crippen LogP contribution is 2.20. The number of para-hydroxylation sites is 1. The Balaban J connectivity index is 1.60. The summed E-state index contributed by atoms with van der Waals surface area (Å²) in [6.45, 7) is 0. The Hall–Kier alpha value is -4.59. The maximum absolute atomic E-state index is 13.0. The fourth-order valence-corrected chi connectivity index (χ4v) is 3.04. The minimum absolute atomic E-state index is 0.213. The summed E-state index contributed by atoms with van der Waals surface area (Å²) in [5, 5.41) is 10.00. The van der Waals surface area contributed by atoms with Gasteiger partial charge in [0.2, 0.25) is 0 Å². The number of ketones is 1. The van der Waals surface area contributed by atoms with Gasteiger partial charge in [0.05, 0.1) is 16.8 Å². The highest BCUT2D eigenvalue weighted by Gasteiger charge is 2.20. The molecule has 3 aromatic carbocycles. The predicted molar refractivity (Wildman–Crippen MR) is 114 cm³/mol. The summed E-state index contributed by atoms with van der Waals surface area (Å²) in [6, 6.07) is 21.9. The Morgan fingerprint density at radius 2 is 1.23 bits per heavy atom. The van der Waals surface area contributed by atoms with Gasteiger partial charge < -0.3 is 5.32 Å². The lowest BCUT2D eigenvalue weighted by Crippen LogP contribution is -2.24. The van der Waals surface area contributed by atoms with Gasteiger partial charge in [0.15, 0.2) is 5.78 Å². The third-order valence-corrected chi connectivity index (χ3v) is 4.52. The topological polar surface area (TPSA) is 106 Å². The van der Waals surface area contributed by atoms with Crippen LogP contribution >= 0.6 is 0 Å². The van der Waals surface area contributed by atoms with Crippen molar-refractivity contribution in [2.24, 2.45) is 0 Å².